The van der Waals surface area contributed by atoms with Crippen LogP contribution in [0.3, 0.4) is 0 Å². The number of hydrogen-bond donors (Lipinski definition) is 3. The van der Waals surface area contributed by atoms with Crippen LogP contribution >= 0.6 is 0 Å². The van der Waals surface area contributed by atoms with Crippen molar-refractivity contribution in [3.8, 4) is 0 Å². The van der Waals surface area contributed by atoms with Crippen molar-refractivity contribution in [1.82, 2.24) is 10.2 Å². The first-order chi connectivity index (χ1) is 11.3. The van der Waals surface area contributed by atoms with E-state index < -0.39 is 0 Å². The first-order valence-corrected chi connectivity index (χ1v) is 8.12. The monoisotopic (exact) mass is 334 g/mol. The zero-order chi connectivity index (χ0) is 17.7. The van der Waals surface area contributed by atoms with Crippen LogP contribution in [-0.2, 0) is 0 Å². The maximum absolute atomic E-state index is 12.5. The summed E-state index contributed by atoms with van der Waals surface area (Å²) in [5.74, 6) is 0. The molecule has 2 rings (SSSR count). The molecule has 3 N–H and O–H groups in total. The van der Waals surface area contributed by atoms with Crippen LogP contribution in [-0.4, -0.2) is 54.9 Å². The molecule has 1 aromatic carbocycles. The van der Waals surface area contributed by atoms with Gasteiger partial charge in [0.25, 0.3) is 0 Å². The van der Waals surface area contributed by atoms with Gasteiger partial charge >= 0.3 is 12.1 Å². The van der Waals surface area contributed by atoms with E-state index in [0.29, 0.717) is 25.3 Å². The zero-order valence-electron chi connectivity index (χ0n) is 14.5. The summed E-state index contributed by atoms with van der Waals surface area (Å²) in [5.41, 5.74) is 1.29. The molecule has 1 heterocycles. The van der Waals surface area contributed by atoms with Crippen molar-refractivity contribution in [1.29, 1.82) is 0 Å². The minimum Gasteiger partial charge on any atom is -0.395 e. The SMILES string of the molecule is CC(C)(C)CN(CCO)C(=O)Nc1cccc(N2CCNC2=O)c1. The summed E-state index contributed by atoms with van der Waals surface area (Å²) in [4.78, 5) is 27.5. The lowest BCUT2D eigenvalue weighted by atomic mass is 9.96. The Balaban J connectivity index is 2.08. The standard InChI is InChI=1S/C17H26N4O3/c1-17(2,3)12-20(9-10-22)16(24)19-13-5-4-6-14(11-13)21-8-7-18-15(21)23/h4-6,11,22H,7-10,12H2,1-3H3,(H,18,23)(H,19,24). The van der Waals surface area contributed by atoms with Gasteiger partial charge in [0.1, 0.15) is 0 Å². The number of nitrogens with one attached hydrogen (secondary N) is 2. The molecule has 0 bridgehead atoms. The van der Waals surface area contributed by atoms with Gasteiger partial charge in [-0.3, -0.25) is 4.90 Å². The van der Waals surface area contributed by atoms with Crippen LogP contribution in [0.1, 0.15) is 20.8 Å². The predicted molar refractivity (Wildman–Crippen MR) is 94.3 cm³/mol. The molecule has 1 fully saturated rings. The van der Waals surface area contributed by atoms with Gasteiger partial charge in [-0.05, 0) is 23.6 Å². The topological polar surface area (TPSA) is 84.9 Å². The highest BCUT2D eigenvalue weighted by molar-refractivity contribution is 5.95. The third-order valence-corrected chi connectivity index (χ3v) is 3.59. The van der Waals surface area contributed by atoms with Crippen molar-refractivity contribution in [3.63, 3.8) is 0 Å². The van der Waals surface area contributed by atoms with E-state index in [9.17, 15) is 14.7 Å². The summed E-state index contributed by atoms with van der Waals surface area (Å²) in [6, 6.07) is 6.80. The van der Waals surface area contributed by atoms with Gasteiger partial charge < -0.3 is 20.6 Å². The molecule has 24 heavy (non-hydrogen) atoms. The summed E-state index contributed by atoms with van der Waals surface area (Å²) in [6.07, 6.45) is 0. The summed E-state index contributed by atoms with van der Waals surface area (Å²) in [6.45, 7) is 8.07. The number of aliphatic hydroxyl groups excluding tert-OH is 1. The second kappa shape index (κ2) is 7.53. The summed E-state index contributed by atoms with van der Waals surface area (Å²) < 4.78 is 0. The molecular formula is C17H26N4O3. The molecule has 0 saturated carbocycles. The van der Waals surface area contributed by atoms with Crippen molar-refractivity contribution in [2.24, 2.45) is 5.41 Å². The maximum Gasteiger partial charge on any atom is 0.321 e. The fourth-order valence-corrected chi connectivity index (χ4v) is 2.62. The smallest absolute Gasteiger partial charge is 0.321 e. The first kappa shape index (κ1) is 18.1. The Labute approximate surface area is 142 Å². The van der Waals surface area contributed by atoms with Gasteiger partial charge in [-0.25, -0.2) is 9.59 Å². The van der Waals surface area contributed by atoms with Crippen LogP contribution < -0.4 is 15.5 Å². The molecule has 1 saturated heterocycles. The third-order valence-electron chi connectivity index (χ3n) is 3.59. The molecule has 1 aliphatic rings. The minimum atomic E-state index is -0.262. The van der Waals surface area contributed by atoms with E-state index in [-0.39, 0.29) is 30.6 Å². The number of anilines is 2. The van der Waals surface area contributed by atoms with Crippen LogP contribution in [0.2, 0.25) is 0 Å². The molecule has 0 aliphatic carbocycles. The van der Waals surface area contributed by atoms with Crippen LogP contribution in [0.5, 0.6) is 0 Å². The molecule has 7 nitrogen and oxygen atoms in total. The quantitative estimate of drug-likeness (QED) is 0.771. The fourth-order valence-electron chi connectivity index (χ4n) is 2.62. The molecule has 1 aromatic rings. The Morgan fingerprint density at radius 1 is 1.42 bits per heavy atom. The normalized spacial score (nSPS) is 14.5. The number of nitrogens with zero attached hydrogens (tertiary/aromatic N) is 2. The number of amides is 4. The highest BCUT2D eigenvalue weighted by Crippen LogP contribution is 2.22. The lowest BCUT2D eigenvalue weighted by Crippen LogP contribution is -2.42. The molecular weight excluding hydrogens is 308 g/mol. The van der Waals surface area contributed by atoms with E-state index in [2.05, 4.69) is 10.6 Å². The molecule has 0 unspecified atom stereocenters. The second-order valence-corrected chi connectivity index (χ2v) is 7.07. The number of rotatable bonds is 5. The molecule has 1 aliphatic heterocycles. The van der Waals surface area contributed by atoms with E-state index in [1.807, 2.05) is 26.8 Å². The van der Waals surface area contributed by atoms with Gasteiger partial charge in [-0.1, -0.05) is 26.8 Å². The van der Waals surface area contributed by atoms with Crippen LogP contribution in [0, 0.1) is 5.41 Å². The molecule has 0 aromatic heterocycles. The molecule has 7 heteroatoms. The zero-order valence-corrected chi connectivity index (χ0v) is 14.5. The summed E-state index contributed by atoms with van der Waals surface area (Å²) in [7, 11) is 0. The van der Waals surface area contributed by atoms with Crippen molar-refractivity contribution >= 4 is 23.4 Å². The maximum atomic E-state index is 12.5. The van der Waals surface area contributed by atoms with Gasteiger partial charge in [-0.2, -0.15) is 0 Å². The molecule has 0 spiro atoms. The Morgan fingerprint density at radius 3 is 2.75 bits per heavy atom. The Hall–Kier alpha value is -2.28. The number of aliphatic hydroxyl groups is 1. The number of hydrogen-bond acceptors (Lipinski definition) is 3. The van der Waals surface area contributed by atoms with E-state index >= 15 is 0 Å². The fraction of sp³-hybridized carbons (Fsp3) is 0.529. The van der Waals surface area contributed by atoms with E-state index in [4.69, 9.17) is 0 Å². The first-order valence-electron chi connectivity index (χ1n) is 8.12. The Bertz CT molecular complexity index is 598. The second-order valence-electron chi connectivity index (χ2n) is 7.07. The highest BCUT2D eigenvalue weighted by Gasteiger charge is 2.23. The highest BCUT2D eigenvalue weighted by atomic mass is 16.3. The average Bonchev–Trinajstić information content (AvgIpc) is 2.92. The van der Waals surface area contributed by atoms with Crippen molar-refractivity contribution in [3.05, 3.63) is 24.3 Å². The molecule has 0 radical (unpaired) electrons. The summed E-state index contributed by atoms with van der Waals surface area (Å²) in [5, 5.41) is 14.8. The van der Waals surface area contributed by atoms with E-state index in [1.165, 1.54) is 0 Å². The number of benzene rings is 1. The van der Waals surface area contributed by atoms with Crippen molar-refractivity contribution in [2.45, 2.75) is 20.8 Å². The largest absolute Gasteiger partial charge is 0.395 e. The van der Waals surface area contributed by atoms with Gasteiger partial charge in [0.15, 0.2) is 0 Å². The van der Waals surface area contributed by atoms with Gasteiger partial charge in [0.05, 0.1) is 6.61 Å². The predicted octanol–water partition coefficient (Wildman–Crippen LogP) is 2.09. The molecule has 132 valence electrons. The lowest BCUT2D eigenvalue weighted by Gasteiger charge is -2.29. The van der Waals surface area contributed by atoms with E-state index in [1.54, 1.807) is 28.0 Å². The Morgan fingerprint density at radius 2 is 2.17 bits per heavy atom. The summed E-state index contributed by atoms with van der Waals surface area (Å²) >= 11 is 0. The van der Waals surface area contributed by atoms with Gasteiger partial charge in [0, 0.05) is 37.6 Å². The van der Waals surface area contributed by atoms with Crippen molar-refractivity contribution < 1.29 is 14.7 Å². The molecule has 4 amide bonds. The number of carbonyl (C=O) groups excluding carboxylic acids is 2. The average molecular weight is 334 g/mol. The van der Waals surface area contributed by atoms with E-state index in [0.717, 1.165) is 5.69 Å². The van der Waals surface area contributed by atoms with Gasteiger partial charge in [0.2, 0.25) is 0 Å². The number of carbonyl (C=O) groups is 2. The number of urea groups is 2. The van der Waals surface area contributed by atoms with Crippen LogP contribution in [0.4, 0.5) is 21.0 Å². The lowest BCUT2D eigenvalue weighted by molar-refractivity contribution is 0.162. The van der Waals surface area contributed by atoms with Crippen molar-refractivity contribution in [2.75, 3.05) is 43.0 Å². The van der Waals surface area contributed by atoms with Crippen LogP contribution in [0.15, 0.2) is 24.3 Å². The third kappa shape index (κ3) is 4.86. The Kier molecular flexibility index (Phi) is 5.66. The molecule has 0 atom stereocenters. The van der Waals surface area contributed by atoms with Crippen LogP contribution in [0.25, 0.3) is 0 Å². The minimum absolute atomic E-state index is 0.0675. The van der Waals surface area contributed by atoms with Gasteiger partial charge in [-0.15, -0.1) is 0 Å².